The summed E-state index contributed by atoms with van der Waals surface area (Å²) in [6, 6.07) is 5.97. The summed E-state index contributed by atoms with van der Waals surface area (Å²) in [4.78, 5) is 23.3. The van der Waals surface area contributed by atoms with Gasteiger partial charge in [-0.3, -0.25) is 4.79 Å². The van der Waals surface area contributed by atoms with Gasteiger partial charge in [0.2, 0.25) is 0 Å². The molecule has 2 aromatic carbocycles. The number of aryl methyl sites for hydroxylation is 1. The number of hydrogen-bond donors (Lipinski definition) is 1. The first-order valence-electron chi connectivity index (χ1n) is 10.5. The molecule has 0 fully saturated rings. The number of esters is 1. The van der Waals surface area contributed by atoms with Crippen LogP contribution in [0.15, 0.2) is 47.4 Å². The Kier molecular flexibility index (Phi) is 7.26. The van der Waals surface area contributed by atoms with Gasteiger partial charge in [0.15, 0.2) is 5.75 Å². The van der Waals surface area contributed by atoms with Gasteiger partial charge in [-0.25, -0.2) is 9.18 Å². The van der Waals surface area contributed by atoms with E-state index < -0.39 is 27.9 Å². The molecule has 2 aromatic rings. The Morgan fingerprint density at radius 1 is 1.24 bits per heavy atom. The number of rotatable bonds is 9. The second-order valence-corrected chi connectivity index (χ2v) is 9.69. The van der Waals surface area contributed by atoms with Crippen LogP contribution in [0.2, 0.25) is 0 Å². The number of halogens is 1. The molecule has 34 heavy (non-hydrogen) atoms. The number of carboxylic acids is 1. The fourth-order valence-electron chi connectivity index (χ4n) is 3.77. The summed E-state index contributed by atoms with van der Waals surface area (Å²) < 4.78 is 51.4. The lowest BCUT2D eigenvalue weighted by Crippen LogP contribution is -2.15. The van der Waals surface area contributed by atoms with E-state index in [2.05, 4.69) is 6.58 Å². The van der Waals surface area contributed by atoms with Crippen LogP contribution in [-0.2, 0) is 32.7 Å². The summed E-state index contributed by atoms with van der Waals surface area (Å²) in [5.41, 5.74) is 2.37. The summed E-state index contributed by atoms with van der Waals surface area (Å²) in [7, 11) is -4.37. The molecule has 1 N–H and O–H groups in total. The molecule has 0 aliphatic carbocycles. The van der Waals surface area contributed by atoms with Gasteiger partial charge in [0.05, 0.1) is 0 Å². The molecule has 0 bridgehead atoms. The normalized spacial score (nSPS) is 13.4. The molecule has 0 saturated carbocycles. The van der Waals surface area contributed by atoms with Crippen LogP contribution < -0.4 is 4.18 Å². The molecular formula is C25H25FO7S. The van der Waals surface area contributed by atoms with Crippen LogP contribution >= 0.6 is 0 Å². The Hall–Kier alpha value is -3.46. The number of hydrogen-bond acceptors (Lipinski definition) is 6. The molecule has 1 heterocycles. The Morgan fingerprint density at radius 2 is 1.88 bits per heavy atom. The maximum Gasteiger partial charge on any atom is 0.342 e. The van der Waals surface area contributed by atoms with Crippen LogP contribution in [0.25, 0.3) is 5.83 Å². The van der Waals surface area contributed by atoms with E-state index in [1.165, 1.54) is 12.1 Å². The van der Waals surface area contributed by atoms with Crippen molar-refractivity contribution < 1.29 is 36.4 Å². The van der Waals surface area contributed by atoms with E-state index in [0.29, 0.717) is 16.7 Å². The predicted molar refractivity (Wildman–Crippen MR) is 124 cm³/mol. The molecule has 180 valence electrons. The average molecular weight is 489 g/mol. The van der Waals surface area contributed by atoms with E-state index in [1.807, 2.05) is 0 Å². The molecule has 0 amide bonds. The molecule has 9 heteroatoms. The molecule has 0 spiro atoms. The minimum Gasteiger partial charge on any atom is -0.481 e. The van der Waals surface area contributed by atoms with E-state index in [9.17, 15) is 22.4 Å². The topological polar surface area (TPSA) is 107 Å². The van der Waals surface area contributed by atoms with Gasteiger partial charge in [-0.05, 0) is 51.3 Å². The van der Waals surface area contributed by atoms with Gasteiger partial charge in [0.1, 0.15) is 22.9 Å². The number of allylic oxidation sites excluding steroid dienone is 2. The predicted octanol–water partition coefficient (Wildman–Crippen LogP) is 5.04. The van der Waals surface area contributed by atoms with Gasteiger partial charge in [-0.15, -0.1) is 0 Å². The molecule has 1 aliphatic rings. The summed E-state index contributed by atoms with van der Waals surface area (Å²) in [5.74, 6) is -2.85. The van der Waals surface area contributed by atoms with Crippen LogP contribution in [0.1, 0.15) is 57.9 Å². The molecule has 0 unspecified atom stereocenters. The summed E-state index contributed by atoms with van der Waals surface area (Å²) in [5, 5.41) is 8.91. The lowest BCUT2D eigenvalue weighted by molar-refractivity contribution is -0.136. The molecule has 0 aromatic heterocycles. The second-order valence-electron chi connectivity index (χ2n) is 8.14. The zero-order valence-corrected chi connectivity index (χ0v) is 19.9. The quantitative estimate of drug-likeness (QED) is 0.299. The monoisotopic (exact) mass is 488 g/mol. The first kappa shape index (κ1) is 25.2. The third kappa shape index (κ3) is 5.20. The maximum atomic E-state index is 14.7. The standard InChI is InChI=1S/C25H25FO7S/c1-14-5-9-18(10-6-14)34(30,31)33-24-19(11-7-15(2)8-12-21(27)28)22(17(4)26)16(3)20-13-32-25(29)23(20)24/h5-7,9-10H,4,8,11-13H2,1-3H3,(H,27,28). The third-order valence-corrected chi connectivity index (χ3v) is 6.88. The molecule has 0 saturated heterocycles. The highest BCUT2D eigenvalue weighted by Crippen LogP contribution is 2.42. The number of ether oxygens (including phenoxy) is 1. The first-order valence-corrected chi connectivity index (χ1v) is 11.9. The molecule has 7 nitrogen and oxygen atoms in total. The van der Waals surface area contributed by atoms with Crippen molar-refractivity contribution in [1.29, 1.82) is 0 Å². The number of carbonyl (C=O) groups is 2. The minimum absolute atomic E-state index is 0.0100. The van der Waals surface area contributed by atoms with Gasteiger partial charge in [0.25, 0.3) is 0 Å². The third-order valence-electron chi connectivity index (χ3n) is 5.65. The molecular weight excluding hydrogens is 463 g/mol. The number of benzene rings is 2. The van der Waals surface area contributed by atoms with Crippen LogP contribution in [-0.4, -0.2) is 25.5 Å². The number of carboxylic acid groups (broad SMARTS) is 1. The smallest absolute Gasteiger partial charge is 0.342 e. The summed E-state index contributed by atoms with van der Waals surface area (Å²) >= 11 is 0. The highest BCUT2D eigenvalue weighted by Gasteiger charge is 2.35. The van der Waals surface area contributed by atoms with Crippen molar-refractivity contribution in [3.63, 3.8) is 0 Å². The van der Waals surface area contributed by atoms with Crippen molar-refractivity contribution >= 4 is 27.9 Å². The highest BCUT2D eigenvalue weighted by molar-refractivity contribution is 7.87. The van der Waals surface area contributed by atoms with Gasteiger partial charge in [0, 0.05) is 23.1 Å². The van der Waals surface area contributed by atoms with Gasteiger partial charge in [-0.2, -0.15) is 8.42 Å². The van der Waals surface area contributed by atoms with Gasteiger partial charge in [-0.1, -0.05) is 35.9 Å². The summed E-state index contributed by atoms with van der Waals surface area (Å²) in [6.07, 6.45) is 1.81. The van der Waals surface area contributed by atoms with E-state index in [1.54, 1.807) is 39.0 Å². The van der Waals surface area contributed by atoms with Crippen LogP contribution in [0.5, 0.6) is 5.75 Å². The largest absolute Gasteiger partial charge is 0.481 e. The molecule has 0 radical (unpaired) electrons. The lowest BCUT2D eigenvalue weighted by Gasteiger charge is -2.19. The van der Waals surface area contributed by atoms with Gasteiger partial charge < -0.3 is 14.0 Å². The van der Waals surface area contributed by atoms with Crippen molar-refractivity contribution in [2.45, 2.75) is 51.5 Å². The Morgan fingerprint density at radius 3 is 2.47 bits per heavy atom. The van der Waals surface area contributed by atoms with Crippen LogP contribution in [0, 0.1) is 13.8 Å². The van der Waals surface area contributed by atoms with Crippen molar-refractivity contribution in [2.24, 2.45) is 0 Å². The van der Waals surface area contributed by atoms with Crippen LogP contribution in [0.4, 0.5) is 4.39 Å². The van der Waals surface area contributed by atoms with Crippen molar-refractivity contribution in [2.75, 3.05) is 0 Å². The summed E-state index contributed by atoms with van der Waals surface area (Å²) in [6.45, 7) is 8.36. The number of carbonyl (C=O) groups excluding carboxylic acids is 1. The van der Waals surface area contributed by atoms with Crippen LogP contribution in [0.3, 0.4) is 0 Å². The SMILES string of the molecule is C=C(F)c1c(C)c2c(c(OS(=O)(=O)c3ccc(C)cc3)c1CC=C(C)CCC(=O)O)C(=O)OC2. The zero-order chi connectivity index (χ0) is 25.2. The fraction of sp³-hybridized carbons (Fsp3) is 0.280. The fourth-order valence-corrected chi connectivity index (χ4v) is 4.74. The first-order chi connectivity index (χ1) is 15.9. The van der Waals surface area contributed by atoms with Gasteiger partial charge >= 0.3 is 22.1 Å². The lowest BCUT2D eigenvalue weighted by atomic mass is 9.89. The molecule has 3 rings (SSSR count). The van der Waals surface area contributed by atoms with E-state index in [4.69, 9.17) is 14.0 Å². The Bertz CT molecular complexity index is 1310. The van der Waals surface area contributed by atoms with Crippen molar-refractivity contribution in [3.8, 4) is 5.75 Å². The zero-order valence-electron chi connectivity index (χ0n) is 19.1. The highest BCUT2D eigenvalue weighted by atomic mass is 32.2. The number of aliphatic carboxylic acids is 1. The minimum atomic E-state index is -4.37. The Balaban J connectivity index is 2.19. The number of cyclic esters (lactones) is 1. The van der Waals surface area contributed by atoms with E-state index in [-0.39, 0.29) is 53.2 Å². The average Bonchev–Trinajstić information content (AvgIpc) is 3.14. The van der Waals surface area contributed by atoms with E-state index in [0.717, 1.165) is 5.56 Å². The van der Waals surface area contributed by atoms with Crippen molar-refractivity contribution in [3.05, 3.63) is 75.9 Å². The molecule has 1 aliphatic heterocycles. The molecule has 0 atom stereocenters. The van der Waals surface area contributed by atoms with E-state index >= 15 is 0 Å². The maximum absolute atomic E-state index is 14.7. The van der Waals surface area contributed by atoms with Crippen molar-refractivity contribution in [1.82, 2.24) is 0 Å². The second kappa shape index (κ2) is 9.80. The Labute approximate surface area is 197 Å². The number of fused-ring (bicyclic) bond motifs is 1.